The van der Waals surface area contributed by atoms with Gasteiger partial charge in [0.2, 0.25) is 0 Å². The molecule has 0 aliphatic carbocycles. The Bertz CT molecular complexity index is 395. The largest absolute Gasteiger partial charge is 0.381 e. The van der Waals surface area contributed by atoms with Crippen LogP contribution >= 0.6 is 0 Å². The average molecular weight is 256 g/mol. The first-order valence-corrected chi connectivity index (χ1v) is 6.18. The van der Waals surface area contributed by atoms with Gasteiger partial charge in [0.15, 0.2) is 0 Å². The molecule has 18 heavy (non-hydrogen) atoms. The van der Waals surface area contributed by atoms with Crippen LogP contribution in [0.15, 0.2) is 18.2 Å². The molecule has 1 fully saturated rings. The summed E-state index contributed by atoms with van der Waals surface area (Å²) < 4.78 is 31.8. The topological polar surface area (TPSA) is 47.3 Å². The third-order valence-electron chi connectivity index (χ3n) is 3.43. The van der Waals surface area contributed by atoms with E-state index >= 15 is 0 Å². The van der Waals surface area contributed by atoms with Crippen molar-refractivity contribution in [2.24, 2.45) is 11.8 Å². The molecule has 1 aromatic rings. The maximum Gasteiger partial charge on any atom is 0.129 e. The van der Waals surface area contributed by atoms with Crippen molar-refractivity contribution in [3.8, 4) is 0 Å². The van der Waals surface area contributed by atoms with Gasteiger partial charge in [0.05, 0.1) is 6.61 Å². The summed E-state index contributed by atoms with van der Waals surface area (Å²) in [6, 6.07) is 3.59. The zero-order valence-corrected chi connectivity index (χ0v) is 10.2. The Morgan fingerprint density at radius 1 is 1.44 bits per heavy atom. The molecule has 0 spiro atoms. The maximum atomic E-state index is 13.6. The van der Waals surface area contributed by atoms with E-state index in [-0.39, 0.29) is 12.0 Å². The molecule has 1 saturated heterocycles. The molecule has 100 valence electrons. The summed E-state index contributed by atoms with van der Waals surface area (Å²) in [5.41, 5.74) is 3.20. The Balaban J connectivity index is 2.04. The van der Waals surface area contributed by atoms with Gasteiger partial charge in [-0.05, 0) is 36.8 Å². The predicted molar refractivity (Wildman–Crippen MR) is 64.7 cm³/mol. The standard InChI is InChI=1S/C13H18F2N2O/c14-11-4-3-9(12(15)7-11)6-13(17-16)10-2-1-5-18-8-10/h3-4,7,10,13,17H,1-2,5-6,8,16H2. The molecule has 5 heteroatoms. The molecule has 1 aromatic carbocycles. The fourth-order valence-electron chi connectivity index (χ4n) is 2.37. The average Bonchev–Trinajstić information content (AvgIpc) is 2.39. The molecule has 1 aliphatic heterocycles. The van der Waals surface area contributed by atoms with E-state index < -0.39 is 11.6 Å². The number of nitrogens with one attached hydrogen (secondary N) is 1. The lowest BCUT2D eigenvalue weighted by atomic mass is 9.89. The smallest absolute Gasteiger partial charge is 0.129 e. The van der Waals surface area contributed by atoms with Crippen molar-refractivity contribution in [2.45, 2.75) is 25.3 Å². The van der Waals surface area contributed by atoms with Crippen LogP contribution in [0.3, 0.4) is 0 Å². The van der Waals surface area contributed by atoms with Gasteiger partial charge in [-0.15, -0.1) is 0 Å². The highest BCUT2D eigenvalue weighted by molar-refractivity contribution is 5.19. The number of nitrogens with two attached hydrogens (primary N) is 1. The lowest BCUT2D eigenvalue weighted by molar-refractivity contribution is 0.0392. The first kappa shape index (κ1) is 13.4. The monoisotopic (exact) mass is 256 g/mol. The van der Waals surface area contributed by atoms with E-state index in [9.17, 15) is 8.78 Å². The minimum Gasteiger partial charge on any atom is -0.381 e. The van der Waals surface area contributed by atoms with Crippen molar-refractivity contribution in [3.63, 3.8) is 0 Å². The van der Waals surface area contributed by atoms with Crippen LogP contribution in [0, 0.1) is 17.6 Å². The van der Waals surface area contributed by atoms with Crippen LogP contribution < -0.4 is 11.3 Å². The second-order valence-corrected chi connectivity index (χ2v) is 4.69. The zero-order chi connectivity index (χ0) is 13.0. The lowest BCUT2D eigenvalue weighted by Crippen LogP contribution is -2.45. The summed E-state index contributed by atoms with van der Waals surface area (Å²) in [7, 11) is 0. The molecule has 3 N–H and O–H groups in total. The molecule has 3 nitrogen and oxygen atoms in total. The molecule has 0 aromatic heterocycles. The Hall–Kier alpha value is -1.04. The Kier molecular flexibility index (Phi) is 4.63. The van der Waals surface area contributed by atoms with Gasteiger partial charge in [-0.3, -0.25) is 11.3 Å². The van der Waals surface area contributed by atoms with E-state index in [1.165, 1.54) is 12.1 Å². The van der Waals surface area contributed by atoms with Crippen LogP contribution in [-0.2, 0) is 11.2 Å². The van der Waals surface area contributed by atoms with Crippen LogP contribution in [0.2, 0.25) is 0 Å². The van der Waals surface area contributed by atoms with Gasteiger partial charge < -0.3 is 4.74 Å². The second-order valence-electron chi connectivity index (χ2n) is 4.69. The van der Waals surface area contributed by atoms with Gasteiger partial charge >= 0.3 is 0 Å². The molecule has 2 atom stereocenters. The van der Waals surface area contributed by atoms with Gasteiger partial charge in [0.25, 0.3) is 0 Å². The van der Waals surface area contributed by atoms with E-state index in [1.54, 1.807) is 0 Å². The third kappa shape index (κ3) is 3.25. The van der Waals surface area contributed by atoms with Crippen LogP contribution in [0.1, 0.15) is 18.4 Å². The minimum absolute atomic E-state index is 0.0507. The number of hydrogen-bond donors (Lipinski definition) is 2. The van der Waals surface area contributed by atoms with Crippen molar-refractivity contribution in [3.05, 3.63) is 35.4 Å². The van der Waals surface area contributed by atoms with Gasteiger partial charge in [-0.25, -0.2) is 8.78 Å². The Morgan fingerprint density at radius 3 is 2.89 bits per heavy atom. The number of rotatable bonds is 4. The molecule has 1 heterocycles. The molecule has 0 radical (unpaired) electrons. The molecule has 0 bridgehead atoms. The summed E-state index contributed by atoms with van der Waals surface area (Å²) in [5.74, 6) is 4.72. The van der Waals surface area contributed by atoms with Crippen molar-refractivity contribution in [1.82, 2.24) is 5.43 Å². The number of ether oxygens (including phenoxy) is 1. The summed E-state index contributed by atoms with van der Waals surface area (Å²) in [4.78, 5) is 0. The molecular formula is C13H18F2N2O. The van der Waals surface area contributed by atoms with Crippen LogP contribution in [-0.4, -0.2) is 19.3 Å². The van der Waals surface area contributed by atoms with Gasteiger partial charge in [-0.2, -0.15) is 0 Å². The molecule has 0 amide bonds. The highest BCUT2D eigenvalue weighted by Crippen LogP contribution is 2.21. The second kappa shape index (κ2) is 6.22. The zero-order valence-electron chi connectivity index (χ0n) is 10.2. The quantitative estimate of drug-likeness (QED) is 0.637. The summed E-state index contributed by atoms with van der Waals surface area (Å²) in [5, 5.41) is 0. The van der Waals surface area contributed by atoms with Crippen molar-refractivity contribution in [1.29, 1.82) is 0 Å². The molecule has 1 aliphatic rings. The minimum atomic E-state index is -0.561. The maximum absolute atomic E-state index is 13.6. The summed E-state index contributed by atoms with van der Waals surface area (Å²) in [6.45, 7) is 1.41. The Morgan fingerprint density at radius 2 is 2.28 bits per heavy atom. The van der Waals surface area contributed by atoms with E-state index in [1.807, 2.05) is 0 Å². The van der Waals surface area contributed by atoms with Gasteiger partial charge in [0.1, 0.15) is 11.6 Å². The van der Waals surface area contributed by atoms with Crippen molar-refractivity contribution >= 4 is 0 Å². The number of halogens is 2. The van der Waals surface area contributed by atoms with Crippen molar-refractivity contribution in [2.75, 3.05) is 13.2 Å². The van der Waals surface area contributed by atoms with E-state index in [4.69, 9.17) is 10.6 Å². The highest BCUT2D eigenvalue weighted by atomic mass is 19.1. The van der Waals surface area contributed by atoms with Crippen LogP contribution in [0.4, 0.5) is 8.78 Å². The van der Waals surface area contributed by atoms with Gasteiger partial charge in [0, 0.05) is 18.7 Å². The SMILES string of the molecule is NNC(Cc1ccc(F)cc1F)C1CCCOC1. The molecule has 0 saturated carbocycles. The van der Waals surface area contributed by atoms with Gasteiger partial charge in [-0.1, -0.05) is 6.07 Å². The number of benzene rings is 1. The Labute approximate surface area is 105 Å². The van der Waals surface area contributed by atoms with E-state index in [0.29, 0.717) is 18.6 Å². The summed E-state index contributed by atoms with van der Waals surface area (Å²) >= 11 is 0. The number of hydrazine groups is 1. The van der Waals surface area contributed by atoms with Crippen molar-refractivity contribution < 1.29 is 13.5 Å². The lowest BCUT2D eigenvalue weighted by Gasteiger charge is -2.29. The molecular weight excluding hydrogens is 238 g/mol. The fourth-order valence-corrected chi connectivity index (χ4v) is 2.37. The van der Waals surface area contributed by atoms with E-state index in [0.717, 1.165) is 25.5 Å². The van der Waals surface area contributed by atoms with E-state index in [2.05, 4.69) is 5.43 Å². The molecule has 2 unspecified atom stereocenters. The highest BCUT2D eigenvalue weighted by Gasteiger charge is 2.24. The normalized spacial score (nSPS) is 21.8. The fraction of sp³-hybridized carbons (Fsp3) is 0.538. The third-order valence-corrected chi connectivity index (χ3v) is 3.43. The predicted octanol–water partition coefficient (Wildman–Crippen LogP) is 1.77. The summed E-state index contributed by atoms with van der Waals surface area (Å²) in [6.07, 6.45) is 2.45. The van der Waals surface area contributed by atoms with Crippen LogP contribution in [0.5, 0.6) is 0 Å². The number of hydrogen-bond acceptors (Lipinski definition) is 3. The van der Waals surface area contributed by atoms with Crippen LogP contribution in [0.25, 0.3) is 0 Å². The molecule has 2 rings (SSSR count). The first-order chi connectivity index (χ1) is 8.70. The first-order valence-electron chi connectivity index (χ1n) is 6.18.